The zero-order valence-corrected chi connectivity index (χ0v) is 15.5. The molecule has 0 heterocycles. The van der Waals surface area contributed by atoms with Gasteiger partial charge in [-0.3, -0.25) is 9.59 Å². The lowest BCUT2D eigenvalue weighted by Gasteiger charge is -2.30. The van der Waals surface area contributed by atoms with Crippen LogP contribution in [0.3, 0.4) is 0 Å². The SMILES string of the molecule is CCOC(=O)[C@@H]1C(=O)C=C(c2cccc(C)c2)C[C@@H]1c1ccccc1C. The van der Waals surface area contributed by atoms with Gasteiger partial charge in [-0.05, 0) is 55.5 Å². The van der Waals surface area contributed by atoms with Gasteiger partial charge in [0, 0.05) is 5.92 Å². The number of esters is 1. The normalized spacial score (nSPS) is 19.8. The number of benzene rings is 2. The summed E-state index contributed by atoms with van der Waals surface area (Å²) in [6, 6.07) is 16.1. The van der Waals surface area contributed by atoms with E-state index in [-0.39, 0.29) is 18.3 Å². The van der Waals surface area contributed by atoms with E-state index in [1.165, 1.54) is 0 Å². The molecule has 134 valence electrons. The van der Waals surface area contributed by atoms with Crippen LogP contribution >= 0.6 is 0 Å². The Kier molecular flexibility index (Phi) is 5.36. The molecule has 1 aliphatic rings. The number of ether oxygens (including phenoxy) is 1. The quantitative estimate of drug-likeness (QED) is 0.598. The lowest BCUT2D eigenvalue weighted by atomic mass is 9.72. The molecule has 3 heteroatoms. The zero-order valence-electron chi connectivity index (χ0n) is 15.5. The highest BCUT2D eigenvalue weighted by molar-refractivity contribution is 6.10. The van der Waals surface area contributed by atoms with Crippen molar-refractivity contribution >= 4 is 17.3 Å². The number of aryl methyl sites for hydroxylation is 2. The molecule has 2 aromatic rings. The Bertz CT molecular complexity index is 863. The van der Waals surface area contributed by atoms with Gasteiger partial charge in [0.25, 0.3) is 0 Å². The first kappa shape index (κ1) is 18.1. The number of hydrogen-bond acceptors (Lipinski definition) is 3. The first-order chi connectivity index (χ1) is 12.5. The van der Waals surface area contributed by atoms with Gasteiger partial charge in [-0.15, -0.1) is 0 Å². The Balaban J connectivity index is 2.06. The number of carbonyl (C=O) groups is 2. The molecule has 0 N–H and O–H groups in total. The maximum Gasteiger partial charge on any atom is 0.317 e. The Hall–Kier alpha value is -2.68. The highest BCUT2D eigenvalue weighted by atomic mass is 16.5. The largest absolute Gasteiger partial charge is 0.465 e. The molecule has 3 rings (SSSR count). The van der Waals surface area contributed by atoms with E-state index in [9.17, 15) is 9.59 Å². The zero-order chi connectivity index (χ0) is 18.7. The maximum atomic E-state index is 12.9. The molecule has 2 aromatic carbocycles. The van der Waals surface area contributed by atoms with Crippen molar-refractivity contribution in [3.05, 3.63) is 76.9 Å². The van der Waals surface area contributed by atoms with E-state index in [4.69, 9.17) is 4.74 Å². The van der Waals surface area contributed by atoms with Crippen molar-refractivity contribution < 1.29 is 14.3 Å². The lowest BCUT2D eigenvalue weighted by molar-refractivity contribution is -0.151. The molecule has 0 fully saturated rings. The Labute approximate surface area is 154 Å². The van der Waals surface area contributed by atoms with Gasteiger partial charge in [0.2, 0.25) is 0 Å². The van der Waals surface area contributed by atoms with Crippen LogP contribution in [0.5, 0.6) is 0 Å². The van der Waals surface area contributed by atoms with Gasteiger partial charge in [-0.25, -0.2) is 0 Å². The van der Waals surface area contributed by atoms with Crippen molar-refractivity contribution in [2.75, 3.05) is 6.61 Å². The summed E-state index contributed by atoms with van der Waals surface area (Å²) in [7, 11) is 0. The number of carbonyl (C=O) groups excluding carboxylic acids is 2. The summed E-state index contributed by atoms with van der Waals surface area (Å²) in [6.07, 6.45) is 2.27. The van der Waals surface area contributed by atoms with E-state index in [1.807, 2.05) is 56.3 Å². The molecule has 0 spiro atoms. The van der Waals surface area contributed by atoms with Crippen molar-refractivity contribution in [3.63, 3.8) is 0 Å². The Morgan fingerprint density at radius 3 is 2.58 bits per heavy atom. The number of rotatable bonds is 4. The van der Waals surface area contributed by atoms with Crippen LogP contribution in [-0.4, -0.2) is 18.4 Å². The monoisotopic (exact) mass is 348 g/mol. The minimum Gasteiger partial charge on any atom is -0.465 e. The molecule has 0 bridgehead atoms. The van der Waals surface area contributed by atoms with E-state index in [1.54, 1.807) is 13.0 Å². The van der Waals surface area contributed by atoms with Gasteiger partial charge in [-0.1, -0.05) is 54.1 Å². The summed E-state index contributed by atoms with van der Waals surface area (Å²) in [5.74, 6) is -1.57. The average Bonchev–Trinajstić information content (AvgIpc) is 2.61. The third-order valence-corrected chi connectivity index (χ3v) is 4.98. The molecule has 2 atom stereocenters. The van der Waals surface area contributed by atoms with Gasteiger partial charge in [-0.2, -0.15) is 0 Å². The highest BCUT2D eigenvalue weighted by Gasteiger charge is 2.40. The topological polar surface area (TPSA) is 43.4 Å². The minimum absolute atomic E-state index is 0.167. The van der Waals surface area contributed by atoms with E-state index < -0.39 is 11.9 Å². The highest BCUT2D eigenvalue weighted by Crippen LogP contribution is 2.41. The van der Waals surface area contributed by atoms with Crippen molar-refractivity contribution in [3.8, 4) is 0 Å². The fourth-order valence-corrected chi connectivity index (χ4v) is 3.72. The Morgan fingerprint density at radius 2 is 1.88 bits per heavy atom. The summed E-state index contributed by atoms with van der Waals surface area (Å²) < 4.78 is 5.21. The molecule has 0 aromatic heterocycles. The van der Waals surface area contributed by atoms with Gasteiger partial charge in [0.1, 0.15) is 5.92 Å². The van der Waals surface area contributed by atoms with Crippen LogP contribution in [0, 0.1) is 19.8 Å². The second kappa shape index (κ2) is 7.69. The van der Waals surface area contributed by atoms with Crippen molar-refractivity contribution in [2.24, 2.45) is 5.92 Å². The minimum atomic E-state index is -0.774. The van der Waals surface area contributed by atoms with Gasteiger partial charge < -0.3 is 4.74 Å². The average molecular weight is 348 g/mol. The fraction of sp³-hybridized carbons (Fsp3) is 0.304. The predicted molar refractivity (Wildman–Crippen MR) is 103 cm³/mol. The first-order valence-electron chi connectivity index (χ1n) is 9.05. The molecule has 0 saturated carbocycles. The van der Waals surface area contributed by atoms with Crippen molar-refractivity contribution in [2.45, 2.75) is 33.1 Å². The standard InChI is InChI=1S/C23H24O3/c1-4-26-23(25)22-20(19-11-6-5-9-16(19)3)13-18(14-21(22)24)17-10-7-8-15(2)12-17/h5-12,14,20,22H,4,13H2,1-3H3/t20-,22+/m1/s1. The second-order valence-corrected chi connectivity index (χ2v) is 6.84. The van der Waals surface area contributed by atoms with E-state index in [0.717, 1.165) is 27.8 Å². The van der Waals surface area contributed by atoms with Crippen LogP contribution in [0.4, 0.5) is 0 Å². The number of allylic oxidation sites excluding steroid dienone is 2. The molecule has 0 aliphatic heterocycles. The first-order valence-corrected chi connectivity index (χ1v) is 9.05. The molecular weight excluding hydrogens is 324 g/mol. The van der Waals surface area contributed by atoms with Crippen molar-refractivity contribution in [1.29, 1.82) is 0 Å². The molecule has 1 aliphatic carbocycles. The molecule has 0 radical (unpaired) electrons. The summed E-state index contributed by atoms with van der Waals surface area (Å²) in [5, 5.41) is 0. The molecule has 0 amide bonds. The molecule has 3 nitrogen and oxygen atoms in total. The van der Waals surface area contributed by atoms with Crippen LogP contribution in [-0.2, 0) is 14.3 Å². The third-order valence-electron chi connectivity index (χ3n) is 4.98. The van der Waals surface area contributed by atoms with Crippen LogP contribution in [0.1, 0.15) is 41.5 Å². The number of hydrogen-bond donors (Lipinski definition) is 0. The van der Waals surface area contributed by atoms with Gasteiger partial charge in [0.05, 0.1) is 6.61 Å². The summed E-state index contributed by atoms with van der Waals surface area (Å²) >= 11 is 0. The number of ketones is 1. The third kappa shape index (κ3) is 3.62. The van der Waals surface area contributed by atoms with E-state index in [2.05, 4.69) is 6.07 Å². The van der Waals surface area contributed by atoms with Gasteiger partial charge >= 0.3 is 5.97 Å². The molecule has 0 unspecified atom stereocenters. The predicted octanol–water partition coefficient (Wildman–Crippen LogP) is 4.62. The molecule has 26 heavy (non-hydrogen) atoms. The fourth-order valence-electron chi connectivity index (χ4n) is 3.72. The summed E-state index contributed by atoms with van der Waals surface area (Å²) in [4.78, 5) is 25.4. The van der Waals surface area contributed by atoms with Crippen LogP contribution in [0.25, 0.3) is 5.57 Å². The Morgan fingerprint density at radius 1 is 1.12 bits per heavy atom. The van der Waals surface area contributed by atoms with E-state index >= 15 is 0 Å². The van der Waals surface area contributed by atoms with Crippen molar-refractivity contribution in [1.82, 2.24) is 0 Å². The van der Waals surface area contributed by atoms with E-state index in [0.29, 0.717) is 6.42 Å². The van der Waals surface area contributed by atoms with Crippen LogP contribution < -0.4 is 0 Å². The molecular formula is C23H24O3. The maximum absolute atomic E-state index is 12.9. The summed E-state index contributed by atoms with van der Waals surface area (Å²) in [6.45, 7) is 6.10. The smallest absolute Gasteiger partial charge is 0.317 e. The molecule has 0 saturated heterocycles. The summed E-state index contributed by atoms with van der Waals surface area (Å²) in [5.41, 5.74) is 5.30. The van der Waals surface area contributed by atoms with Gasteiger partial charge in [0.15, 0.2) is 5.78 Å². The van der Waals surface area contributed by atoms with Crippen LogP contribution in [0.2, 0.25) is 0 Å². The van der Waals surface area contributed by atoms with Crippen LogP contribution in [0.15, 0.2) is 54.6 Å². The second-order valence-electron chi connectivity index (χ2n) is 6.84. The lowest BCUT2D eigenvalue weighted by Crippen LogP contribution is -2.34.